The highest BCUT2D eigenvalue weighted by Gasteiger charge is 1.84. The first-order valence-electron chi connectivity index (χ1n) is 2.93. The van der Waals surface area contributed by atoms with Crippen LogP contribution in [0.3, 0.4) is 0 Å². The van der Waals surface area contributed by atoms with Crippen LogP contribution in [0.4, 0.5) is 0 Å². The van der Waals surface area contributed by atoms with Gasteiger partial charge < -0.3 is 3.79 Å². The fourth-order valence-corrected chi connectivity index (χ4v) is 0.947. The van der Waals surface area contributed by atoms with Crippen molar-refractivity contribution in [3.63, 3.8) is 0 Å². The SMILES string of the molecule is Cc1ccc([O][AlH2])cc1. The molecule has 0 heterocycles. The average Bonchev–Trinajstić information content (AvgIpc) is 1.90. The highest BCUT2D eigenvalue weighted by atomic mass is 27.1. The topological polar surface area (TPSA) is 9.23 Å². The number of aryl methyl sites for hydroxylation is 1. The predicted molar refractivity (Wildman–Crippen MR) is 40.4 cm³/mol. The van der Waals surface area contributed by atoms with E-state index in [0.717, 1.165) is 22.4 Å². The van der Waals surface area contributed by atoms with Gasteiger partial charge >= 0.3 is 16.6 Å². The highest BCUT2D eigenvalue weighted by Crippen LogP contribution is 2.09. The van der Waals surface area contributed by atoms with Gasteiger partial charge in [0.1, 0.15) is 0 Å². The van der Waals surface area contributed by atoms with Gasteiger partial charge in [0.05, 0.1) is 5.75 Å². The molecule has 0 saturated carbocycles. The second-order valence-electron chi connectivity index (χ2n) is 2.02. The molecular formula is C7H9AlO. The lowest BCUT2D eigenvalue weighted by Crippen LogP contribution is -1.83. The Bertz CT molecular complexity index is 181. The second-order valence-corrected chi connectivity index (χ2v) is 2.43. The van der Waals surface area contributed by atoms with Crippen LogP contribution in [0, 0.1) is 6.92 Å². The molecule has 0 aliphatic rings. The zero-order valence-corrected chi connectivity index (χ0v) is 7.72. The Morgan fingerprint density at radius 1 is 1.22 bits per heavy atom. The van der Waals surface area contributed by atoms with Crippen molar-refractivity contribution in [3.05, 3.63) is 29.8 Å². The molecule has 2 heteroatoms. The zero-order chi connectivity index (χ0) is 6.69. The summed E-state index contributed by atoms with van der Waals surface area (Å²) in [6, 6.07) is 8.07. The summed E-state index contributed by atoms with van der Waals surface area (Å²) < 4.78 is 5.11. The third kappa shape index (κ3) is 1.74. The molecule has 0 aliphatic carbocycles. The fraction of sp³-hybridized carbons (Fsp3) is 0.143. The van der Waals surface area contributed by atoms with E-state index in [1.54, 1.807) is 0 Å². The van der Waals surface area contributed by atoms with Gasteiger partial charge in [-0.3, -0.25) is 0 Å². The minimum absolute atomic E-state index is 0.774. The molecule has 0 aliphatic heterocycles. The third-order valence-corrected chi connectivity index (χ3v) is 1.73. The van der Waals surface area contributed by atoms with Gasteiger partial charge in [0.2, 0.25) is 0 Å². The second kappa shape index (κ2) is 2.91. The molecule has 1 aromatic rings. The van der Waals surface area contributed by atoms with E-state index in [1.165, 1.54) is 5.56 Å². The molecular weight excluding hydrogens is 127 g/mol. The first-order valence-corrected chi connectivity index (χ1v) is 3.75. The van der Waals surface area contributed by atoms with Crippen molar-refractivity contribution in [1.82, 2.24) is 0 Å². The maximum Gasteiger partial charge on any atom is 0.496 e. The van der Waals surface area contributed by atoms with Gasteiger partial charge in [0.25, 0.3) is 0 Å². The summed E-state index contributed by atoms with van der Waals surface area (Å²) >= 11 is 0.774. The van der Waals surface area contributed by atoms with E-state index in [0.29, 0.717) is 0 Å². The first kappa shape index (κ1) is 6.67. The van der Waals surface area contributed by atoms with E-state index >= 15 is 0 Å². The molecule has 0 fully saturated rings. The Labute approximate surface area is 63.4 Å². The van der Waals surface area contributed by atoms with E-state index in [4.69, 9.17) is 3.79 Å². The van der Waals surface area contributed by atoms with Crippen molar-refractivity contribution in [3.8, 4) is 5.75 Å². The minimum Gasteiger partial charge on any atom is -0.647 e. The van der Waals surface area contributed by atoms with Crippen LogP contribution in [-0.4, -0.2) is 16.6 Å². The van der Waals surface area contributed by atoms with Crippen LogP contribution in [0.2, 0.25) is 0 Å². The Morgan fingerprint density at radius 2 is 1.78 bits per heavy atom. The Balaban J connectivity index is 2.88. The lowest BCUT2D eigenvalue weighted by atomic mass is 10.2. The molecule has 0 unspecified atom stereocenters. The summed E-state index contributed by atoms with van der Waals surface area (Å²) in [7, 11) is 0. The summed E-state index contributed by atoms with van der Waals surface area (Å²) in [5, 5.41) is 0. The molecule has 0 amide bonds. The van der Waals surface area contributed by atoms with Crippen LogP contribution in [0.5, 0.6) is 5.75 Å². The van der Waals surface area contributed by atoms with E-state index in [1.807, 2.05) is 24.3 Å². The maximum atomic E-state index is 5.11. The lowest BCUT2D eigenvalue weighted by Gasteiger charge is -1.99. The highest BCUT2D eigenvalue weighted by molar-refractivity contribution is 5.99. The number of benzene rings is 1. The number of hydrogen-bond acceptors (Lipinski definition) is 1. The summed E-state index contributed by atoms with van der Waals surface area (Å²) in [5.41, 5.74) is 1.28. The Hall–Kier alpha value is -0.448. The average molecular weight is 136 g/mol. The van der Waals surface area contributed by atoms with Crippen LogP contribution in [-0.2, 0) is 0 Å². The molecule has 1 nitrogen and oxygen atoms in total. The monoisotopic (exact) mass is 136 g/mol. The van der Waals surface area contributed by atoms with Crippen LogP contribution in [0.25, 0.3) is 0 Å². The van der Waals surface area contributed by atoms with Gasteiger partial charge in [0.15, 0.2) is 0 Å². The van der Waals surface area contributed by atoms with E-state index in [-0.39, 0.29) is 0 Å². The van der Waals surface area contributed by atoms with E-state index in [2.05, 4.69) is 6.92 Å². The Kier molecular flexibility index (Phi) is 2.16. The van der Waals surface area contributed by atoms with Crippen molar-refractivity contribution in [2.75, 3.05) is 0 Å². The number of rotatable bonds is 1. The lowest BCUT2D eigenvalue weighted by molar-refractivity contribution is 0.616. The van der Waals surface area contributed by atoms with Crippen molar-refractivity contribution < 1.29 is 3.79 Å². The van der Waals surface area contributed by atoms with E-state index < -0.39 is 0 Å². The molecule has 0 radical (unpaired) electrons. The quantitative estimate of drug-likeness (QED) is 0.522. The summed E-state index contributed by atoms with van der Waals surface area (Å²) in [6.07, 6.45) is 0. The van der Waals surface area contributed by atoms with Gasteiger partial charge in [-0.15, -0.1) is 0 Å². The molecule has 0 atom stereocenters. The molecule has 0 N–H and O–H groups in total. The summed E-state index contributed by atoms with van der Waals surface area (Å²) in [6.45, 7) is 2.07. The van der Waals surface area contributed by atoms with Crippen LogP contribution >= 0.6 is 0 Å². The summed E-state index contributed by atoms with van der Waals surface area (Å²) in [4.78, 5) is 0. The molecule has 9 heavy (non-hydrogen) atoms. The molecule has 46 valence electrons. The van der Waals surface area contributed by atoms with Crippen molar-refractivity contribution >= 4 is 16.6 Å². The Morgan fingerprint density at radius 3 is 2.22 bits per heavy atom. The van der Waals surface area contributed by atoms with Gasteiger partial charge in [0, 0.05) is 0 Å². The smallest absolute Gasteiger partial charge is 0.496 e. The maximum absolute atomic E-state index is 5.11. The predicted octanol–water partition coefficient (Wildman–Crippen LogP) is 0.922. The van der Waals surface area contributed by atoms with Crippen molar-refractivity contribution in [2.24, 2.45) is 0 Å². The van der Waals surface area contributed by atoms with E-state index in [9.17, 15) is 0 Å². The molecule has 0 bridgehead atoms. The zero-order valence-electron chi connectivity index (χ0n) is 5.72. The van der Waals surface area contributed by atoms with Crippen molar-refractivity contribution in [2.45, 2.75) is 6.92 Å². The normalized spacial score (nSPS) is 9.00. The van der Waals surface area contributed by atoms with Crippen LogP contribution in [0.1, 0.15) is 5.56 Å². The fourth-order valence-electron chi connectivity index (χ4n) is 0.674. The van der Waals surface area contributed by atoms with Gasteiger partial charge in [-0.25, -0.2) is 0 Å². The molecule has 0 saturated heterocycles. The molecule has 1 aromatic carbocycles. The largest absolute Gasteiger partial charge is 0.647 e. The van der Waals surface area contributed by atoms with Gasteiger partial charge in [-0.2, -0.15) is 0 Å². The molecule has 1 rings (SSSR count). The summed E-state index contributed by atoms with van der Waals surface area (Å²) in [5.74, 6) is 0.979. The van der Waals surface area contributed by atoms with Crippen LogP contribution in [0.15, 0.2) is 24.3 Å². The van der Waals surface area contributed by atoms with Gasteiger partial charge in [-0.1, -0.05) is 17.7 Å². The minimum atomic E-state index is 0.774. The first-order chi connectivity index (χ1) is 4.33. The standard InChI is InChI=1S/C7H8O.Al.2H/c1-6-2-4-7(8)5-3-6;;;/h2-5,8H,1H3;;;/q;+1;;/p-1. The molecule has 0 aromatic heterocycles. The van der Waals surface area contributed by atoms with Crippen LogP contribution < -0.4 is 3.79 Å². The third-order valence-electron chi connectivity index (χ3n) is 1.26. The number of hydrogen-bond donors (Lipinski definition) is 0. The molecule has 0 spiro atoms. The van der Waals surface area contributed by atoms with Crippen molar-refractivity contribution in [1.29, 1.82) is 0 Å². The van der Waals surface area contributed by atoms with Gasteiger partial charge in [-0.05, 0) is 19.1 Å².